The first-order valence-electron chi connectivity index (χ1n) is 5.04. The predicted octanol–water partition coefficient (Wildman–Crippen LogP) is 2.38. The van der Waals surface area contributed by atoms with Crippen LogP contribution in [0.4, 0.5) is 5.69 Å². The van der Waals surface area contributed by atoms with Gasteiger partial charge in [0, 0.05) is 12.6 Å². The molecule has 1 amide bonds. The molecule has 3 nitrogen and oxygen atoms in total. The molecule has 0 heterocycles. The van der Waals surface area contributed by atoms with Gasteiger partial charge in [0.2, 0.25) is 5.91 Å². The van der Waals surface area contributed by atoms with Gasteiger partial charge in [-0.25, -0.2) is 0 Å². The lowest BCUT2D eigenvalue weighted by molar-refractivity contribution is -0.118. The van der Waals surface area contributed by atoms with Crippen LogP contribution >= 0.6 is 0 Å². The molecule has 0 bridgehead atoms. The number of hydrogen-bond acceptors (Lipinski definition) is 2. The van der Waals surface area contributed by atoms with Crippen molar-refractivity contribution in [2.75, 3.05) is 4.67 Å². The number of nitrogens with one attached hydrogen (secondary N) is 1. The van der Waals surface area contributed by atoms with Crippen LogP contribution in [0.1, 0.15) is 6.92 Å². The van der Waals surface area contributed by atoms with Crippen molar-refractivity contribution >= 4 is 19.8 Å². The van der Waals surface area contributed by atoms with Crippen LogP contribution < -0.4 is 10.1 Å². The molecule has 0 unspecified atom stereocenters. The summed E-state index contributed by atoms with van der Waals surface area (Å²) in [6.45, 7) is 8.11. The zero-order valence-electron chi connectivity index (χ0n) is 9.74. The Kier molecular flexibility index (Phi) is 3.52. The first kappa shape index (κ1) is 11.8. The molecule has 0 aliphatic carbocycles. The van der Waals surface area contributed by atoms with Gasteiger partial charge in [-0.15, -0.1) is 0 Å². The van der Waals surface area contributed by atoms with Gasteiger partial charge in [0.05, 0.1) is 0 Å². The molecule has 0 aliphatic heterocycles. The normalized spacial score (nSPS) is 10.9. The Labute approximate surface area is 92.2 Å². The van der Waals surface area contributed by atoms with Crippen molar-refractivity contribution < 1.29 is 4.79 Å². The molecule has 1 N–H and O–H groups in total. The highest BCUT2D eigenvalue weighted by Gasteiger charge is 2.25. The van der Waals surface area contributed by atoms with E-state index in [-0.39, 0.29) is 5.91 Å². The highest BCUT2D eigenvalue weighted by atomic mass is 28.3. The standard InChI is InChI=1S/C11H18N2OSi/c1-10(14)12-13(15(2,3)4)11-8-6-5-7-9-11/h5-9H,1-4H3,(H,12,14). The SMILES string of the molecule is CC(=O)NN(c1ccccc1)[Si](C)(C)C. The summed E-state index contributed by atoms with van der Waals surface area (Å²) in [5.74, 6) is -0.0266. The molecule has 82 valence electrons. The first-order chi connectivity index (χ1) is 6.91. The van der Waals surface area contributed by atoms with E-state index in [0.29, 0.717) is 0 Å². The smallest absolute Gasteiger partial charge is 0.234 e. The van der Waals surface area contributed by atoms with Gasteiger partial charge >= 0.3 is 0 Å². The number of rotatable bonds is 3. The Morgan fingerprint density at radius 2 is 1.73 bits per heavy atom. The number of amides is 1. The largest absolute Gasteiger partial charge is 0.315 e. The van der Waals surface area contributed by atoms with Crippen LogP contribution in [0, 0.1) is 0 Å². The molecule has 0 saturated heterocycles. The van der Waals surface area contributed by atoms with Crippen molar-refractivity contribution in [3.05, 3.63) is 30.3 Å². The number of hydrogen-bond donors (Lipinski definition) is 1. The number of carbonyl (C=O) groups is 1. The van der Waals surface area contributed by atoms with E-state index in [2.05, 4.69) is 25.1 Å². The average Bonchev–Trinajstić information content (AvgIpc) is 2.14. The van der Waals surface area contributed by atoms with Gasteiger partial charge in [0.1, 0.15) is 0 Å². The quantitative estimate of drug-likeness (QED) is 0.629. The van der Waals surface area contributed by atoms with E-state index < -0.39 is 8.24 Å². The fraction of sp³-hybridized carbons (Fsp3) is 0.364. The monoisotopic (exact) mass is 222 g/mol. The minimum atomic E-state index is -1.59. The Bertz CT molecular complexity index is 332. The molecule has 1 rings (SSSR count). The fourth-order valence-corrected chi connectivity index (χ4v) is 2.77. The maximum absolute atomic E-state index is 11.1. The summed E-state index contributed by atoms with van der Waals surface area (Å²) in [6.07, 6.45) is 0. The van der Waals surface area contributed by atoms with Gasteiger partial charge in [-0.05, 0) is 31.8 Å². The highest BCUT2D eigenvalue weighted by Crippen LogP contribution is 2.18. The third kappa shape index (κ3) is 3.40. The summed E-state index contributed by atoms with van der Waals surface area (Å²) in [5, 5.41) is 0. The van der Waals surface area contributed by atoms with E-state index in [1.165, 1.54) is 6.92 Å². The van der Waals surface area contributed by atoms with Crippen LogP contribution in [0.5, 0.6) is 0 Å². The van der Waals surface area contributed by atoms with Crippen LogP contribution in [0.2, 0.25) is 19.6 Å². The van der Waals surface area contributed by atoms with Gasteiger partial charge in [-0.3, -0.25) is 10.2 Å². The molecule has 4 heteroatoms. The Morgan fingerprint density at radius 1 is 1.20 bits per heavy atom. The number of para-hydroxylation sites is 1. The Morgan fingerprint density at radius 3 is 2.13 bits per heavy atom. The minimum Gasteiger partial charge on any atom is -0.315 e. The molecule has 0 radical (unpaired) electrons. The van der Waals surface area contributed by atoms with Crippen molar-refractivity contribution in [3.63, 3.8) is 0 Å². The van der Waals surface area contributed by atoms with Gasteiger partial charge in [0.15, 0.2) is 8.24 Å². The van der Waals surface area contributed by atoms with Gasteiger partial charge < -0.3 is 4.67 Å². The molecule has 0 spiro atoms. The summed E-state index contributed by atoms with van der Waals surface area (Å²) >= 11 is 0. The molecule has 0 atom stereocenters. The summed E-state index contributed by atoms with van der Waals surface area (Å²) in [5.41, 5.74) is 3.94. The van der Waals surface area contributed by atoms with E-state index in [0.717, 1.165) is 5.69 Å². The van der Waals surface area contributed by atoms with Crippen molar-refractivity contribution in [1.29, 1.82) is 0 Å². The Hall–Kier alpha value is -1.29. The summed E-state index contributed by atoms with van der Waals surface area (Å²) in [4.78, 5) is 11.1. The van der Waals surface area contributed by atoms with E-state index in [1.807, 2.05) is 35.0 Å². The van der Waals surface area contributed by atoms with Gasteiger partial charge in [-0.1, -0.05) is 18.2 Å². The molecule has 0 fully saturated rings. The van der Waals surface area contributed by atoms with Crippen LogP contribution in [-0.4, -0.2) is 14.1 Å². The minimum absolute atomic E-state index is 0.0266. The summed E-state index contributed by atoms with van der Waals surface area (Å²) in [7, 11) is -1.59. The number of hydrazine groups is 1. The molecule has 1 aromatic carbocycles. The first-order valence-corrected chi connectivity index (χ1v) is 8.48. The second kappa shape index (κ2) is 4.48. The molecular formula is C11H18N2OSi. The van der Waals surface area contributed by atoms with Crippen LogP contribution in [0.25, 0.3) is 0 Å². The van der Waals surface area contributed by atoms with Crippen molar-refractivity contribution in [3.8, 4) is 0 Å². The van der Waals surface area contributed by atoms with Crippen LogP contribution in [-0.2, 0) is 4.79 Å². The third-order valence-electron chi connectivity index (χ3n) is 1.95. The molecule has 0 aromatic heterocycles. The van der Waals surface area contributed by atoms with Gasteiger partial charge in [0.25, 0.3) is 0 Å². The number of nitrogens with zero attached hydrogens (tertiary/aromatic N) is 1. The zero-order valence-corrected chi connectivity index (χ0v) is 10.7. The number of benzene rings is 1. The van der Waals surface area contributed by atoms with E-state index in [4.69, 9.17) is 0 Å². The van der Waals surface area contributed by atoms with E-state index in [9.17, 15) is 4.79 Å². The zero-order chi connectivity index (χ0) is 11.5. The third-order valence-corrected chi connectivity index (χ3v) is 3.67. The summed E-state index contributed by atoms with van der Waals surface area (Å²) < 4.78 is 2.01. The van der Waals surface area contributed by atoms with Crippen LogP contribution in [0.3, 0.4) is 0 Å². The molecule has 0 aliphatic rings. The van der Waals surface area contributed by atoms with Crippen molar-refractivity contribution in [1.82, 2.24) is 5.43 Å². The Balaban J connectivity index is 2.97. The second-order valence-electron chi connectivity index (χ2n) is 4.51. The topological polar surface area (TPSA) is 32.3 Å². The fourth-order valence-electron chi connectivity index (χ4n) is 1.35. The van der Waals surface area contributed by atoms with E-state index in [1.54, 1.807) is 0 Å². The predicted molar refractivity (Wildman–Crippen MR) is 66.1 cm³/mol. The average molecular weight is 222 g/mol. The lowest BCUT2D eigenvalue weighted by atomic mass is 10.3. The van der Waals surface area contributed by atoms with Crippen LogP contribution in [0.15, 0.2) is 30.3 Å². The molecule has 1 aromatic rings. The maximum Gasteiger partial charge on any atom is 0.234 e. The lowest BCUT2D eigenvalue weighted by Gasteiger charge is -2.35. The molecular weight excluding hydrogens is 204 g/mol. The molecule has 15 heavy (non-hydrogen) atoms. The summed E-state index contributed by atoms with van der Waals surface area (Å²) in [6, 6.07) is 9.94. The lowest BCUT2D eigenvalue weighted by Crippen LogP contribution is -2.56. The number of anilines is 1. The number of carbonyl (C=O) groups excluding carboxylic acids is 1. The highest BCUT2D eigenvalue weighted by molar-refractivity contribution is 6.79. The van der Waals surface area contributed by atoms with Crippen molar-refractivity contribution in [2.24, 2.45) is 0 Å². The van der Waals surface area contributed by atoms with E-state index >= 15 is 0 Å². The van der Waals surface area contributed by atoms with Gasteiger partial charge in [-0.2, -0.15) is 0 Å². The molecule has 0 saturated carbocycles. The second-order valence-corrected chi connectivity index (χ2v) is 9.30. The maximum atomic E-state index is 11.1. The van der Waals surface area contributed by atoms with Crippen molar-refractivity contribution in [2.45, 2.75) is 26.6 Å².